The Labute approximate surface area is 145 Å². The van der Waals surface area contributed by atoms with Crippen molar-refractivity contribution in [2.75, 3.05) is 0 Å². The average molecular weight is 348 g/mol. The van der Waals surface area contributed by atoms with Crippen molar-refractivity contribution in [3.05, 3.63) is 64.7 Å². The number of benzene rings is 2. The predicted octanol–water partition coefficient (Wildman–Crippen LogP) is 3.84. The quantitative estimate of drug-likeness (QED) is 0.484. The molecule has 3 heterocycles. The molecule has 25 heavy (non-hydrogen) atoms. The van der Waals surface area contributed by atoms with Crippen LogP contribution < -0.4 is 5.56 Å². The topological polar surface area (TPSA) is 87.6 Å². The number of rotatable bonds is 3. The fraction of sp³-hybridized carbons (Fsp3) is 0.0556. The Hall–Kier alpha value is -3.06. The molecule has 0 fully saturated rings. The maximum absolute atomic E-state index is 12.3. The highest BCUT2D eigenvalue weighted by atomic mass is 32.2. The van der Waals surface area contributed by atoms with E-state index < -0.39 is 0 Å². The van der Waals surface area contributed by atoms with E-state index in [4.69, 9.17) is 4.42 Å². The Morgan fingerprint density at radius 1 is 1.00 bits per heavy atom. The van der Waals surface area contributed by atoms with Gasteiger partial charge >= 0.3 is 0 Å². The molecule has 0 aliphatic carbocycles. The molecule has 0 bridgehead atoms. The Morgan fingerprint density at radius 3 is 2.76 bits per heavy atom. The summed E-state index contributed by atoms with van der Waals surface area (Å²) in [5.74, 6) is 1.10. The van der Waals surface area contributed by atoms with Gasteiger partial charge < -0.3 is 14.4 Å². The second kappa shape index (κ2) is 5.49. The second-order valence-electron chi connectivity index (χ2n) is 5.64. The van der Waals surface area contributed by atoms with E-state index in [1.807, 2.05) is 48.5 Å². The van der Waals surface area contributed by atoms with Crippen LogP contribution in [0, 0.1) is 0 Å². The molecule has 3 aromatic heterocycles. The lowest BCUT2D eigenvalue weighted by atomic mass is 10.2. The van der Waals surface area contributed by atoms with Crippen molar-refractivity contribution in [1.29, 1.82) is 0 Å². The number of hydrogen-bond donors (Lipinski definition) is 2. The minimum Gasteiger partial charge on any atom is -0.449 e. The first kappa shape index (κ1) is 14.3. The third-order valence-corrected chi connectivity index (χ3v) is 4.88. The standard InChI is InChI=1S/C18H12N4O2S/c23-17-16-15(10-5-1-4-8-13(10)24-16)21-14(22-17)9-25-18-19-11-6-2-3-7-12(11)20-18/h1-8H,9H2,(H,19,20)(H,21,22,23). The molecule has 5 aromatic rings. The zero-order chi connectivity index (χ0) is 16.8. The average Bonchev–Trinajstić information content (AvgIpc) is 3.21. The largest absolute Gasteiger partial charge is 0.449 e. The molecule has 0 radical (unpaired) electrons. The van der Waals surface area contributed by atoms with Crippen molar-refractivity contribution in [2.45, 2.75) is 10.9 Å². The summed E-state index contributed by atoms with van der Waals surface area (Å²) < 4.78 is 5.61. The van der Waals surface area contributed by atoms with E-state index in [0.717, 1.165) is 21.6 Å². The summed E-state index contributed by atoms with van der Waals surface area (Å²) in [4.78, 5) is 27.5. The van der Waals surface area contributed by atoms with Crippen LogP contribution in [0.4, 0.5) is 0 Å². The van der Waals surface area contributed by atoms with Crippen molar-refractivity contribution in [2.24, 2.45) is 0 Å². The van der Waals surface area contributed by atoms with E-state index in [9.17, 15) is 4.79 Å². The van der Waals surface area contributed by atoms with Gasteiger partial charge in [0.25, 0.3) is 5.56 Å². The first-order valence-electron chi connectivity index (χ1n) is 7.76. The highest BCUT2D eigenvalue weighted by Crippen LogP contribution is 2.26. The number of para-hydroxylation sites is 3. The molecule has 0 spiro atoms. The molecule has 2 N–H and O–H groups in total. The highest BCUT2D eigenvalue weighted by Gasteiger charge is 2.13. The fourth-order valence-electron chi connectivity index (χ4n) is 2.85. The van der Waals surface area contributed by atoms with Crippen molar-refractivity contribution < 1.29 is 4.42 Å². The fourth-order valence-corrected chi connectivity index (χ4v) is 3.61. The van der Waals surface area contributed by atoms with Crippen LogP contribution in [0.2, 0.25) is 0 Å². The molecule has 122 valence electrons. The van der Waals surface area contributed by atoms with Crippen molar-refractivity contribution in [3.8, 4) is 0 Å². The molecule has 0 saturated carbocycles. The summed E-state index contributed by atoms with van der Waals surface area (Å²) in [5.41, 5.74) is 3.17. The lowest BCUT2D eigenvalue weighted by Crippen LogP contribution is -2.10. The monoisotopic (exact) mass is 348 g/mol. The molecular weight excluding hydrogens is 336 g/mol. The Morgan fingerprint density at radius 2 is 1.84 bits per heavy atom. The maximum atomic E-state index is 12.3. The van der Waals surface area contributed by atoms with Crippen LogP contribution in [-0.2, 0) is 5.75 Å². The lowest BCUT2D eigenvalue weighted by molar-refractivity contribution is 0.660. The van der Waals surface area contributed by atoms with E-state index >= 15 is 0 Å². The van der Waals surface area contributed by atoms with Gasteiger partial charge in [0, 0.05) is 5.39 Å². The lowest BCUT2D eigenvalue weighted by Gasteiger charge is -1.98. The minimum atomic E-state index is -0.263. The van der Waals surface area contributed by atoms with Crippen molar-refractivity contribution in [1.82, 2.24) is 19.9 Å². The molecule has 7 heteroatoms. The first-order valence-corrected chi connectivity index (χ1v) is 8.74. The van der Waals surface area contributed by atoms with Gasteiger partial charge in [-0.15, -0.1) is 0 Å². The van der Waals surface area contributed by atoms with Crippen LogP contribution in [0.5, 0.6) is 0 Å². The number of imidazole rings is 1. The summed E-state index contributed by atoms with van der Waals surface area (Å²) in [6.07, 6.45) is 0. The number of furan rings is 1. The van der Waals surface area contributed by atoms with Crippen LogP contribution in [0.15, 0.2) is 62.9 Å². The predicted molar refractivity (Wildman–Crippen MR) is 97.8 cm³/mol. The second-order valence-corrected chi connectivity index (χ2v) is 6.60. The van der Waals surface area contributed by atoms with E-state index in [0.29, 0.717) is 22.7 Å². The number of aromatic amines is 2. The van der Waals surface area contributed by atoms with E-state index in [-0.39, 0.29) is 11.1 Å². The van der Waals surface area contributed by atoms with Gasteiger partial charge in [0.1, 0.15) is 16.9 Å². The zero-order valence-electron chi connectivity index (χ0n) is 12.9. The first-order chi connectivity index (χ1) is 12.3. The van der Waals surface area contributed by atoms with Gasteiger partial charge in [-0.1, -0.05) is 36.0 Å². The molecule has 5 rings (SSSR count). The number of nitrogens with zero attached hydrogens (tertiary/aromatic N) is 2. The molecule has 0 atom stereocenters. The molecule has 0 saturated heterocycles. The van der Waals surface area contributed by atoms with E-state index in [1.54, 1.807) is 0 Å². The molecule has 0 amide bonds. The Kier molecular flexibility index (Phi) is 3.14. The SMILES string of the molecule is O=c1[nH]c(CSc2nc3ccccc3[nH]2)nc2c1oc1ccccc12. The van der Waals surface area contributed by atoms with Crippen molar-refractivity contribution in [3.63, 3.8) is 0 Å². The maximum Gasteiger partial charge on any atom is 0.294 e. The molecule has 0 aliphatic rings. The van der Waals surface area contributed by atoms with Crippen LogP contribution in [0.3, 0.4) is 0 Å². The van der Waals surface area contributed by atoms with Gasteiger partial charge in [0.15, 0.2) is 5.16 Å². The molecular formula is C18H12N4O2S. The van der Waals surface area contributed by atoms with Gasteiger partial charge in [-0.05, 0) is 24.3 Å². The molecule has 6 nitrogen and oxygen atoms in total. The van der Waals surface area contributed by atoms with Crippen LogP contribution in [-0.4, -0.2) is 19.9 Å². The number of H-pyrrole nitrogens is 2. The van der Waals surface area contributed by atoms with E-state index in [1.165, 1.54) is 11.8 Å². The van der Waals surface area contributed by atoms with Crippen LogP contribution in [0.1, 0.15) is 5.82 Å². The Balaban J connectivity index is 1.52. The van der Waals surface area contributed by atoms with Gasteiger partial charge in [-0.25, -0.2) is 9.97 Å². The number of aromatic nitrogens is 4. The minimum absolute atomic E-state index is 0.263. The van der Waals surface area contributed by atoms with Gasteiger partial charge in [0.2, 0.25) is 5.58 Å². The summed E-state index contributed by atoms with van der Waals surface area (Å²) in [7, 11) is 0. The third kappa shape index (κ3) is 2.40. The van der Waals surface area contributed by atoms with Crippen molar-refractivity contribution >= 4 is 44.9 Å². The summed E-state index contributed by atoms with van der Waals surface area (Å²) in [5, 5.41) is 1.64. The summed E-state index contributed by atoms with van der Waals surface area (Å²) in [6, 6.07) is 15.4. The summed E-state index contributed by atoms with van der Waals surface area (Å²) >= 11 is 1.49. The number of nitrogens with one attached hydrogen (secondary N) is 2. The van der Waals surface area contributed by atoms with Crippen LogP contribution >= 0.6 is 11.8 Å². The van der Waals surface area contributed by atoms with Gasteiger partial charge in [-0.3, -0.25) is 4.79 Å². The molecule has 0 unspecified atom stereocenters. The number of fused-ring (bicyclic) bond motifs is 4. The zero-order valence-corrected chi connectivity index (χ0v) is 13.8. The number of hydrogen-bond acceptors (Lipinski definition) is 5. The highest BCUT2D eigenvalue weighted by molar-refractivity contribution is 7.98. The smallest absolute Gasteiger partial charge is 0.294 e. The molecule has 2 aromatic carbocycles. The summed E-state index contributed by atoms with van der Waals surface area (Å²) in [6.45, 7) is 0. The van der Waals surface area contributed by atoms with Crippen LogP contribution in [0.25, 0.3) is 33.1 Å². The van der Waals surface area contributed by atoms with Gasteiger partial charge in [0.05, 0.1) is 16.8 Å². The molecule has 0 aliphatic heterocycles. The third-order valence-electron chi connectivity index (χ3n) is 3.99. The Bertz CT molecular complexity index is 1250. The van der Waals surface area contributed by atoms with Gasteiger partial charge in [-0.2, -0.15) is 0 Å². The van der Waals surface area contributed by atoms with E-state index in [2.05, 4.69) is 19.9 Å². The normalized spacial score (nSPS) is 11.7. The number of thioether (sulfide) groups is 1.